The lowest BCUT2D eigenvalue weighted by Crippen LogP contribution is -2.44. The minimum Gasteiger partial charge on any atom is -0.372 e. The smallest absolute Gasteiger partial charge is 0.192 e. The molecule has 0 saturated heterocycles. The number of ether oxygens (including phenoxy) is 1. The molecule has 0 fully saturated rings. The van der Waals surface area contributed by atoms with E-state index >= 15 is 0 Å². The summed E-state index contributed by atoms with van der Waals surface area (Å²) < 4.78 is 17.7. The number of nitrogens with zero attached hydrogens (tertiary/aromatic N) is 2. The molecule has 5 nitrogen and oxygen atoms in total. The van der Waals surface area contributed by atoms with E-state index in [2.05, 4.69) is 92.4 Å². The van der Waals surface area contributed by atoms with Gasteiger partial charge in [0.05, 0.1) is 18.8 Å². The predicted molar refractivity (Wildman–Crippen MR) is 139 cm³/mol. The molecule has 0 unspecified atom stereocenters. The number of hydrogen-bond donors (Lipinski definition) is 0. The van der Waals surface area contributed by atoms with E-state index in [9.17, 15) is 4.79 Å². The van der Waals surface area contributed by atoms with Crippen LogP contribution in [-0.4, -0.2) is 62.2 Å². The zero-order valence-corrected chi connectivity index (χ0v) is 24.5. The maximum Gasteiger partial charge on any atom is 0.192 e. The molecule has 0 radical (unpaired) electrons. The molecular formula is C24H51N2O3PS. The number of carbonyl (C=O) groups is 1. The van der Waals surface area contributed by atoms with Gasteiger partial charge in [0.2, 0.25) is 0 Å². The number of hydrogen-bond acceptors (Lipinski definition) is 6. The molecule has 0 amide bonds. The van der Waals surface area contributed by atoms with Crippen LogP contribution in [0.15, 0.2) is 0 Å². The van der Waals surface area contributed by atoms with Crippen molar-refractivity contribution in [2.24, 2.45) is 5.92 Å². The zero-order chi connectivity index (χ0) is 24.7. The van der Waals surface area contributed by atoms with Crippen molar-refractivity contribution in [3.63, 3.8) is 0 Å². The molecule has 0 rings (SSSR count). The summed E-state index contributed by atoms with van der Waals surface area (Å²) in [5.74, 6) is 0.0280. The largest absolute Gasteiger partial charge is 0.372 e. The molecule has 0 saturated carbocycles. The highest BCUT2D eigenvalue weighted by Crippen LogP contribution is 2.51. The monoisotopic (exact) mass is 478 g/mol. The van der Waals surface area contributed by atoms with Crippen molar-refractivity contribution in [3.05, 3.63) is 0 Å². The Kier molecular flexibility index (Phi) is 13.4. The van der Waals surface area contributed by atoms with Gasteiger partial charge in [-0.15, -0.1) is 0 Å². The summed E-state index contributed by atoms with van der Waals surface area (Å²) in [5, 5.41) is 0.209. The van der Waals surface area contributed by atoms with E-state index in [0.717, 1.165) is 0 Å². The summed E-state index contributed by atoms with van der Waals surface area (Å²) in [6.45, 7) is 31.1. The molecule has 31 heavy (non-hydrogen) atoms. The molecule has 0 aliphatic heterocycles. The molecule has 0 heterocycles. The lowest BCUT2D eigenvalue weighted by molar-refractivity contribution is -0.113. The van der Waals surface area contributed by atoms with E-state index < -0.39 is 14.1 Å². The Morgan fingerprint density at radius 2 is 1.16 bits per heavy atom. The van der Waals surface area contributed by atoms with Crippen LogP contribution < -0.4 is 0 Å². The van der Waals surface area contributed by atoms with Crippen molar-refractivity contribution in [2.45, 2.75) is 131 Å². The van der Waals surface area contributed by atoms with E-state index in [1.165, 1.54) is 11.8 Å². The summed E-state index contributed by atoms with van der Waals surface area (Å²) in [7, 11) is -0.944. The van der Waals surface area contributed by atoms with Crippen LogP contribution in [-0.2, 0) is 14.1 Å². The second-order valence-corrected chi connectivity index (χ2v) is 14.4. The van der Waals surface area contributed by atoms with Crippen molar-refractivity contribution in [3.8, 4) is 0 Å². The summed E-state index contributed by atoms with van der Waals surface area (Å²) >= 11 is 1.38. The van der Waals surface area contributed by atoms with E-state index in [1.807, 2.05) is 13.8 Å². The Balaban J connectivity index is 5.39. The van der Waals surface area contributed by atoms with Gasteiger partial charge < -0.3 is 9.26 Å². The second-order valence-electron chi connectivity index (χ2n) is 11.0. The zero-order valence-electron chi connectivity index (χ0n) is 22.8. The van der Waals surface area contributed by atoms with E-state index in [4.69, 9.17) is 9.26 Å². The van der Waals surface area contributed by atoms with Crippen LogP contribution in [0.2, 0.25) is 0 Å². The molecular weight excluding hydrogens is 427 g/mol. The minimum absolute atomic E-state index is 0.0280. The summed E-state index contributed by atoms with van der Waals surface area (Å²) in [6, 6.07) is 1.53. The number of thioether (sulfide) groups is 1. The fourth-order valence-electron chi connectivity index (χ4n) is 3.28. The Morgan fingerprint density at radius 1 is 0.774 bits per heavy atom. The molecule has 0 bridgehead atoms. The highest BCUT2D eigenvalue weighted by atomic mass is 32.2. The van der Waals surface area contributed by atoms with Crippen molar-refractivity contribution < 1.29 is 14.1 Å². The van der Waals surface area contributed by atoms with Crippen molar-refractivity contribution in [1.29, 1.82) is 0 Å². The van der Waals surface area contributed by atoms with Crippen LogP contribution >= 0.6 is 20.2 Å². The van der Waals surface area contributed by atoms with Gasteiger partial charge in [-0.2, -0.15) is 0 Å². The van der Waals surface area contributed by atoms with Gasteiger partial charge in [-0.1, -0.05) is 25.6 Å². The first kappa shape index (κ1) is 31.3. The van der Waals surface area contributed by atoms with Gasteiger partial charge >= 0.3 is 0 Å². The Bertz CT molecular complexity index is 501. The Hall–Kier alpha value is 0.290. The molecule has 186 valence electrons. The molecule has 0 spiro atoms. The average molecular weight is 479 g/mol. The normalized spacial score (nSPS) is 14.0. The molecule has 7 heteroatoms. The van der Waals surface area contributed by atoms with Crippen LogP contribution in [0.25, 0.3) is 0 Å². The van der Waals surface area contributed by atoms with Crippen LogP contribution in [0.4, 0.5) is 0 Å². The quantitative estimate of drug-likeness (QED) is 0.251. The lowest BCUT2D eigenvalue weighted by atomic mass is 10.1. The van der Waals surface area contributed by atoms with Crippen molar-refractivity contribution in [1.82, 2.24) is 9.34 Å². The standard InChI is InChI=1S/C24H51N2O3PS/c1-17(2)22(27)31-24(13,14)16-28-23(11,12)15-29-30(25(18(3)4)19(5)6)26(20(7)8)21(9)10/h17-21H,15-16H2,1-14H3. The first-order chi connectivity index (χ1) is 13.9. The third-order valence-corrected chi connectivity index (χ3v) is 9.04. The van der Waals surface area contributed by atoms with Gasteiger partial charge in [-0.3, -0.25) is 4.79 Å². The average Bonchev–Trinajstić information content (AvgIpc) is 2.56. The second kappa shape index (κ2) is 13.2. The minimum atomic E-state index is -0.944. The van der Waals surface area contributed by atoms with Gasteiger partial charge in [0, 0.05) is 34.8 Å². The molecule has 0 N–H and O–H groups in total. The van der Waals surface area contributed by atoms with Gasteiger partial charge in [-0.05, 0) is 83.1 Å². The summed E-state index contributed by atoms with van der Waals surface area (Å²) in [4.78, 5) is 12.2. The Morgan fingerprint density at radius 3 is 1.48 bits per heavy atom. The van der Waals surface area contributed by atoms with Crippen molar-refractivity contribution >= 4 is 25.3 Å². The van der Waals surface area contributed by atoms with Crippen molar-refractivity contribution in [2.75, 3.05) is 13.2 Å². The maximum atomic E-state index is 12.2. The first-order valence-corrected chi connectivity index (χ1v) is 13.8. The topological polar surface area (TPSA) is 42.0 Å². The van der Waals surface area contributed by atoms with E-state index in [-0.39, 0.29) is 15.8 Å². The molecule has 0 aromatic heterocycles. The van der Waals surface area contributed by atoms with Gasteiger partial charge in [-0.25, -0.2) is 9.34 Å². The fourth-order valence-corrected chi connectivity index (χ4v) is 6.69. The molecule has 0 aliphatic carbocycles. The van der Waals surface area contributed by atoms with E-state index in [1.54, 1.807) is 0 Å². The number of carbonyl (C=O) groups excluding carboxylic acids is 1. The summed E-state index contributed by atoms with van der Waals surface area (Å²) in [5.41, 5.74) is -0.446. The Labute approximate surface area is 199 Å². The maximum absolute atomic E-state index is 12.2. The highest BCUT2D eigenvalue weighted by Gasteiger charge is 2.36. The van der Waals surface area contributed by atoms with Gasteiger partial charge in [0.1, 0.15) is 0 Å². The molecule has 0 aromatic rings. The van der Waals surface area contributed by atoms with Crippen LogP contribution in [0.1, 0.15) is 96.9 Å². The first-order valence-electron chi connectivity index (χ1n) is 11.8. The van der Waals surface area contributed by atoms with Crippen LogP contribution in [0.5, 0.6) is 0 Å². The highest BCUT2D eigenvalue weighted by molar-refractivity contribution is 8.14. The van der Waals surface area contributed by atoms with Gasteiger partial charge in [0.15, 0.2) is 13.6 Å². The van der Waals surface area contributed by atoms with Crippen LogP contribution in [0, 0.1) is 5.92 Å². The van der Waals surface area contributed by atoms with E-state index in [0.29, 0.717) is 37.4 Å². The predicted octanol–water partition coefficient (Wildman–Crippen LogP) is 6.96. The third-order valence-electron chi connectivity index (χ3n) is 4.70. The molecule has 0 atom stereocenters. The molecule has 0 aromatic carbocycles. The SMILES string of the molecule is CC(C)C(=O)SC(C)(C)COC(C)(C)COP(N(C(C)C)C(C)C)N(C(C)C)C(C)C. The third kappa shape index (κ3) is 11.3. The lowest BCUT2D eigenvalue weighted by Gasteiger charge is -2.46. The fraction of sp³-hybridized carbons (Fsp3) is 0.958. The van der Waals surface area contributed by atoms with Crippen LogP contribution in [0.3, 0.4) is 0 Å². The van der Waals surface area contributed by atoms with Gasteiger partial charge in [0.25, 0.3) is 0 Å². The number of rotatable bonds is 14. The molecule has 0 aliphatic rings. The summed E-state index contributed by atoms with van der Waals surface area (Å²) in [6.07, 6.45) is 0.